The minimum Gasteiger partial charge on any atom is -0.455 e. The normalized spacial score (nSPS) is 11.5. The van der Waals surface area contributed by atoms with E-state index in [0.29, 0.717) is 0 Å². The maximum Gasteiger partial charge on any atom is 0.143 e. The summed E-state index contributed by atoms with van der Waals surface area (Å²) in [6, 6.07) is 85.5. The van der Waals surface area contributed by atoms with Gasteiger partial charge < -0.3 is 9.32 Å². The Morgan fingerprint density at radius 1 is 0.290 bits per heavy atom. The lowest BCUT2D eigenvalue weighted by Gasteiger charge is -2.28. The van der Waals surface area contributed by atoms with Crippen molar-refractivity contribution in [1.29, 1.82) is 0 Å². The van der Waals surface area contributed by atoms with E-state index in [-0.39, 0.29) is 0 Å². The van der Waals surface area contributed by atoms with E-state index in [2.05, 4.69) is 241 Å². The molecule has 290 valence electrons. The molecular weight excluding hydrogens is 751 g/mol. The number of anilines is 3. The number of fused-ring (bicyclic) bond motifs is 8. The predicted molar refractivity (Wildman–Crippen MR) is 263 cm³/mol. The highest BCUT2D eigenvalue weighted by atomic mass is 16.3. The van der Waals surface area contributed by atoms with Gasteiger partial charge in [0.15, 0.2) is 0 Å². The lowest BCUT2D eigenvalue weighted by molar-refractivity contribution is 0.673. The molecule has 0 saturated heterocycles. The molecule has 2 heteroatoms. The van der Waals surface area contributed by atoms with Crippen molar-refractivity contribution in [3.05, 3.63) is 237 Å². The van der Waals surface area contributed by atoms with Gasteiger partial charge in [-0.05, 0) is 120 Å². The molecule has 2 nitrogen and oxygen atoms in total. The molecule has 0 N–H and O–H groups in total. The number of nitrogens with zero attached hydrogens (tertiary/aromatic N) is 1. The van der Waals surface area contributed by atoms with Gasteiger partial charge in [-0.15, -0.1) is 0 Å². The van der Waals surface area contributed by atoms with Crippen molar-refractivity contribution in [2.75, 3.05) is 4.90 Å². The van der Waals surface area contributed by atoms with E-state index in [4.69, 9.17) is 4.42 Å². The summed E-state index contributed by atoms with van der Waals surface area (Å²) in [5.74, 6) is 0. The largest absolute Gasteiger partial charge is 0.455 e. The van der Waals surface area contributed by atoms with Crippen LogP contribution in [-0.2, 0) is 0 Å². The molecule has 0 aliphatic heterocycles. The van der Waals surface area contributed by atoms with E-state index in [1.807, 2.05) is 0 Å². The first-order chi connectivity index (χ1) is 30.8. The summed E-state index contributed by atoms with van der Waals surface area (Å²) in [5.41, 5.74) is 14.5. The molecule has 0 fully saturated rings. The summed E-state index contributed by atoms with van der Waals surface area (Å²) in [5, 5.41) is 9.45. The van der Waals surface area contributed by atoms with Crippen molar-refractivity contribution in [2.24, 2.45) is 0 Å². The van der Waals surface area contributed by atoms with Crippen LogP contribution in [0.15, 0.2) is 241 Å². The summed E-state index contributed by atoms with van der Waals surface area (Å²) < 4.78 is 6.65. The lowest BCUT2D eigenvalue weighted by Crippen LogP contribution is -2.10. The third-order valence-electron chi connectivity index (χ3n) is 12.4. The topological polar surface area (TPSA) is 16.4 Å². The monoisotopic (exact) mass is 789 g/mol. The Morgan fingerprint density at radius 3 is 1.53 bits per heavy atom. The molecule has 12 rings (SSSR count). The smallest absolute Gasteiger partial charge is 0.143 e. The van der Waals surface area contributed by atoms with Crippen molar-refractivity contribution in [2.45, 2.75) is 0 Å². The summed E-state index contributed by atoms with van der Waals surface area (Å²) in [7, 11) is 0. The number of hydrogen-bond acceptors (Lipinski definition) is 2. The Morgan fingerprint density at radius 2 is 0.806 bits per heavy atom. The van der Waals surface area contributed by atoms with Crippen LogP contribution in [0.3, 0.4) is 0 Å². The Labute approximate surface area is 360 Å². The molecule has 12 aromatic rings. The van der Waals surface area contributed by atoms with Crippen LogP contribution in [0.25, 0.3) is 98.8 Å². The second-order valence-electron chi connectivity index (χ2n) is 16.0. The van der Waals surface area contributed by atoms with Crippen LogP contribution in [0.4, 0.5) is 17.1 Å². The molecule has 0 radical (unpaired) electrons. The van der Waals surface area contributed by atoms with Crippen LogP contribution in [0, 0.1) is 0 Å². The molecule has 11 aromatic carbocycles. The highest BCUT2D eigenvalue weighted by Gasteiger charge is 2.22. The van der Waals surface area contributed by atoms with Crippen molar-refractivity contribution in [3.63, 3.8) is 0 Å². The molecule has 0 aliphatic carbocycles. The van der Waals surface area contributed by atoms with Crippen LogP contribution >= 0.6 is 0 Å². The molecule has 0 unspecified atom stereocenters. The molecule has 0 atom stereocenters. The Bertz CT molecular complexity index is 3630. The van der Waals surface area contributed by atoms with Gasteiger partial charge in [0.05, 0.1) is 0 Å². The zero-order valence-electron chi connectivity index (χ0n) is 33.9. The molecule has 0 aliphatic rings. The van der Waals surface area contributed by atoms with E-state index in [0.717, 1.165) is 61.1 Å². The van der Waals surface area contributed by atoms with Gasteiger partial charge in [0, 0.05) is 33.2 Å². The van der Waals surface area contributed by atoms with Crippen LogP contribution in [0.5, 0.6) is 0 Å². The maximum atomic E-state index is 6.65. The Hall–Kier alpha value is -8.20. The van der Waals surface area contributed by atoms with Crippen molar-refractivity contribution < 1.29 is 4.42 Å². The first kappa shape index (κ1) is 35.7. The Balaban J connectivity index is 1.12. The highest BCUT2D eigenvalue weighted by Crippen LogP contribution is 2.48. The summed E-state index contributed by atoms with van der Waals surface area (Å²) in [6.07, 6.45) is 0. The third kappa shape index (κ3) is 5.96. The minimum absolute atomic E-state index is 0.885. The molecule has 0 spiro atoms. The predicted octanol–water partition coefficient (Wildman–Crippen LogP) is 17.2. The minimum atomic E-state index is 0.885. The lowest BCUT2D eigenvalue weighted by atomic mass is 9.85. The van der Waals surface area contributed by atoms with E-state index in [1.54, 1.807) is 0 Å². The molecular formula is C60H39NO. The van der Waals surface area contributed by atoms with E-state index >= 15 is 0 Å². The van der Waals surface area contributed by atoms with Gasteiger partial charge in [0.2, 0.25) is 0 Å². The fourth-order valence-corrected chi connectivity index (χ4v) is 9.64. The van der Waals surface area contributed by atoms with Gasteiger partial charge in [-0.25, -0.2) is 0 Å². The molecule has 0 saturated carbocycles. The second-order valence-corrected chi connectivity index (χ2v) is 16.0. The fourth-order valence-electron chi connectivity index (χ4n) is 9.64. The third-order valence-corrected chi connectivity index (χ3v) is 12.4. The van der Waals surface area contributed by atoms with Crippen LogP contribution in [0.1, 0.15) is 0 Å². The summed E-state index contributed by atoms with van der Waals surface area (Å²) in [6.45, 7) is 0. The Kier molecular flexibility index (Phi) is 8.53. The summed E-state index contributed by atoms with van der Waals surface area (Å²) in [4.78, 5) is 2.42. The summed E-state index contributed by atoms with van der Waals surface area (Å²) >= 11 is 0. The number of hydrogen-bond donors (Lipinski definition) is 0. The number of furan rings is 1. The van der Waals surface area contributed by atoms with Gasteiger partial charge in [-0.1, -0.05) is 188 Å². The number of benzene rings is 11. The average Bonchev–Trinajstić information content (AvgIpc) is 3.74. The van der Waals surface area contributed by atoms with Gasteiger partial charge in [-0.2, -0.15) is 0 Å². The van der Waals surface area contributed by atoms with Crippen molar-refractivity contribution in [1.82, 2.24) is 0 Å². The highest BCUT2D eigenvalue weighted by molar-refractivity contribution is 6.22. The zero-order chi connectivity index (χ0) is 41.0. The van der Waals surface area contributed by atoms with E-state index in [1.165, 1.54) is 54.7 Å². The molecule has 0 bridgehead atoms. The standard InChI is InChI=1S/C60H39NO/c1-4-17-40(18-5-1)44-24-14-26-46(37-44)61(47-27-15-25-45(38-47)49-31-16-32-56-59(49)54-35-33-41-19-10-11-28-50(41)60(54)62-56)48-34-36-52-51-29-12-13-30-53(51)57(42-20-6-2-7-21-42)58(55(52)39-48)43-22-8-3-9-23-43/h1-39H. The van der Waals surface area contributed by atoms with Gasteiger partial charge >= 0.3 is 0 Å². The van der Waals surface area contributed by atoms with E-state index in [9.17, 15) is 0 Å². The van der Waals surface area contributed by atoms with E-state index < -0.39 is 0 Å². The van der Waals surface area contributed by atoms with Crippen molar-refractivity contribution >= 4 is 71.3 Å². The first-order valence-electron chi connectivity index (χ1n) is 21.3. The second kappa shape index (κ2) is 14.8. The molecule has 1 heterocycles. The van der Waals surface area contributed by atoms with Crippen molar-refractivity contribution in [3.8, 4) is 44.5 Å². The first-order valence-corrected chi connectivity index (χ1v) is 21.3. The van der Waals surface area contributed by atoms with Gasteiger partial charge in [0.25, 0.3) is 0 Å². The molecule has 62 heavy (non-hydrogen) atoms. The van der Waals surface area contributed by atoms with Gasteiger partial charge in [-0.3, -0.25) is 0 Å². The van der Waals surface area contributed by atoms with Gasteiger partial charge in [0.1, 0.15) is 11.2 Å². The fraction of sp³-hybridized carbons (Fsp3) is 0. The van der Waals surface area contributed by atoms with Crippen LogP contribution in [0.2, 0.25) is 0 Å². The van der Waals surface area contributed by atoms with Crippen LogP contribution < -0.4 is 4.90 Å². The molecule has 0 amide bonds. The molecule has 1 aromatic heterocycles. The SMILES string of the molecule is c1ccc(-c2cccc(N(c3cccc(-c4cccc5oc6c7ccccc7ccc6c45)c3)c3ccc4c(c3)c(-c3ccccc3)c(-c3ccccc3)c3ccccc34)c2)cc1. The average molecular weight is 790 g/mol. The van der Waals surface area contributed by atoms with Crippen LogP contribution in [-0.4, -0.2) is 0 Å². The maximum absolute atomic E-state index is 6.65. The number of rotatable bonds is 7. The zero-order valence-corrected chi connectivity index (χ0v) is 33.9. The quantitative estimate of drug-likeness (QED) is 0.150.